The predicted molar refractivity (Wildman–Crippen MR) is 74.9 cm³/mol. The number of nitrogens with zero attached hydrogens (tertiary/aromatic N) is 2. The first kappa shape index (κ1) is 14.4. The molecule has 96 valence electrons. The molecule has 0 aliphatic rings. The van der Waals surface area contributed by atoms with E-state index >= 15 is 0 Å². The first-order chi connectivity index (χ1) is 8.20. The van der Waals surface area contributed by atoms with Crippen LogP contribution >= 0.6 is 12.4 Å². The van der Waals surface area contributed by atoms with Gasteiger partial charge in [0.1, 0.15) is 0 Å². The van der Waals surface area contributed by atoms with Crippen LogP contribution in [0.5, 0.6) is 0 Å². The molecule has 2 aromatic rings. The standard InChI is InChI=1S/C13H15N3O.ClH/c1-16-13(17)7-6-12(15-16)11-4-2-10(3-5-11)8-9-14;/h2-7H,8-9,14H2,1H3;1H. The summed E-state index contributed by atoms with van der Waals surface area (Å²) in [5, 5.41) is 4.20. The molecule has 0 spiro atoms. The number of aromatic nitrogens is 2. The van der Waals surface area contributed by atoms with Crippen molar-refractivity contribution in [3.63, 3.8) is 0 Å². The molecule has 1 aromatic carbocycles. The fourth-order valence-corrected chi connectivity index (χ4v) is 1.67. The molecule has 0 saturated heterocycles. The SMILES string of the molecule is Cl.Cn1nc(-c2ccc(CCN)cc2)ccc1=O. The predicted octanol–water partition coefficient (Wildman–Crippen LogP) is 1.37. The van der Waals surface area contributed by atoms with E-state index in [4.69, 9.17) is 5.73 Å². The van der Waals surface area contributed by atoms with Crippen molar-refractivity contribution in [1.82, 2.24) is 9.78 Å². The number of hydrogen-bond donors (Lipinski definition) is 1. The van der Waals surface area contributed by atoms with Crippen LogP contribution in [-0.4, -0.2) is 16.3 Å². The van der Waals surface area contributed by atoms with E-state index in [1.54, 1.807) is 13.1 Å². The van der Waals surface area contributed by atoms with Crippen molar-refractivity contribution in [2.24, 2.45) is 12.8 Å². The molecule has 0 saturated carbocycles. The van der Waals surface area contributed by atoms with Gasteiger partial charge in [-0.2, -0.15) is 5.10 Å². The van der Waals surface area contributed by atoms with Crippen LogP contribution in [0.2, 0.25) is 0 Å². The fourth-order valence-electron chi connectivity index (χ4n) is 1.67. The lowest BCUT2D eigenvalue weighted by molar-refractivity contribution is 0.712. The minimum atomic E-state index is -0.103. The van der Waals surface area contributed by atoms with E-state index in [2.05, 4.69) is 5.10 Å². The third-order valence-corrected chi connectivity index (χ3v) is 2.64. The Morgan fingerprint density at radius 1 is 1.17 bits per heavy atom. The summed E-state index contributed by atoms with van der Waals surface area (Å²) in [5.74, 6) is 0. The lowest BCUT2D eigenvalue weighted by Crippen LogP contribution is -2.18. The lowest BCUT2D eigenvalue weighted by atomic mass is 10.1. The topological polar surface area (TPSA) is 60.9 Å². The largest absolute Gasteiger partial charge is 0.330 e. The molecule has 0 amide bonds. The summed E-state index contributed by atoms with van der Waals surface area (Å²) >= 11 is 0. The van der Waals surface area contributed by atoms with E-state index in [1.807, 2.05) is 24.3 Å². The zero-order chi connectivity index (χ0) is 12.3. The van der Waals surface area contributed by atoms with Crippen molar-refractivity contribution in [3.8, 4) is 11.3 Å². The molecule has 0 aliphatic heterocycles. The zero-order valence-corrected chi connectivity index (χ0v) is 11.0. The van der Waals surface area contributed by atoms with Crippen molar-refractivity contribution in [2.75, 3.05) is 6.54 Å². The Bertz CT molecular complexity index is 563. The summed E-state index contributed by atoms with van der Waals surface area (Å²) in [4.78, 5) is 11.2. The van der Waals surface area contributed by atoms with Crippen LogP contribution in [0.4, 0.5) is 0 Å². The summed E-state index contributed by atoms with van der Waals surface area (Å²) in [7, 11) is 1.65. The second-order valence-electron chi connectivity index (χ2n) is 3.92. The Morgan fingerprint density at radius 2 is 1.83 bits per heavy atom. The van der Waals surface area contributed by atoms with E-state index in [-0.39, 0.29) is 18.0 Å². The van der Waals surface area contributed by atoms with E-state index in [1.165, 1.54) is 16.3 Å². The maximum atomic E-state index is 11.2. The van der Waals surface area contributed by atoms with Crippen molar-refractivity contribution in [3.05, 3.63) is 52.3 Å². The van der Waals surface area contributed by atoms with Gasteiger partial charge in [-0.25, -0.2) is 4.68 Å². The zero-order valence-electron chi connectivity index (χ0n) is 10.2. The average Bonchev–Trinajstić information content (AvgIpc) is 2.34. The van der Waals surface area contributed by atoms with Gasteiger partial charge in [0, 0.05) is 18.7 Å². The second-order valence-corrected chi connectivity index (χ2v) is 3.92. The molecule has 1 heterocycles. The molecule has 0 aliphatic carbocycles. The molecule has 4 nitrogen and oxygen atoms in total. The van der Waals surface area contributed by atoms with Gasteiger partial charge in [0.05, 0.1) is 5.69 Å². The normalized spacial score (nSPS) is 9.89. The first-order valence-electron chi connectivity index (χ1n) is 5.54. The molecule has 18 heavy (non-hydrogen) atoms. The summed E-state index contributed by atoms with van der Waals surface area (Å²) < 4.78 is 1.34. The third kappa shape index (κ3) is 3.18. The monoisotopic (exact) mass is 265 g/mol. The Hall–Kier alpha value is -1.65. The smallest absolute Gasteiger partial charge is 0.266 e. The minimum absolute atomic E-state index is 0. The highest BCUT2D eigenvalue weighted by molar-refractivity contribution is 5.85. The van der Waals surface area contributed by atoms with Crippen LogP contribution in [0.15, 0.2) is 41.2 Å². The Morgan fingerprint density at radius 3 is 2.39 bits per heavy atom. The van der Waals surface area contributed by atoms with E-state index in [9.17, 15) is 4.79 Å². The number of benzene rings is 1. The van der Waals surface area contributed by atoms with Crippen LogP contribution in [-0.2, 0) is 13.5 Å². The van der Waals surface area contributed by atoms with Gasteiger partial charge in [-0.05, 0) is 24.6 Å². The van der Waals surface area contributed by atoms with Gasteiger partial charge in [0.15, 0.2) is 0 Å². The van der Waals surface area contributed by atoms with Gasteiger partial charge < -0.3 is 5.73 Å². The highest BCUT2D eigenvalue weighted by Crippen LogP contribution is 2.16. The average molecular weight is 266 g/mol. The summed E-state index contributed by atoms with van der Waals surface area (Å²) in [5.41, 5.74) is 8.40. The number of halogens is 1. The summed E-state index contributed by atoms with van der Waals surface area (Å²) in [6.45, 7) is 0.650. The summed E-state index contributed by atoms with van der Waals surface area (Å²) in [6, 6.07) is 11.3. The third-order valence-electron chi connectivity index (χ3n) is 2.64. The van der Waals surface area contributed by atoms with Gasteiger partial charge in [-0.3, -0.25) is 4.79 Å². The molecule has 0 atom stereocenters. The Kier molecular flexibility index (Phi) is 5.07. The van der Waals surface area contributed by atoms with Crippen LogP contribution in [0, 0.1) is 0 Å². The number of hydrogen-bond acceptors (Lipinski definition) is 3. The van der Waals surface area contributed by atoms with Crippen molar-refractivity contribution >= 4 is 12.4 Å². The molecule has 2 N–H and O–H groups in total. The van der Waals surface area contributed by atoms with Gasteiger partial charge in [-0.15, -0.1) is 12.4 Å². The van der Waals surface area contributed by atoms with Gasteiger partial charge in [0.2, 0.25) is 0 Å². The van der Waals surface area contributed by atoms with Gasteiger partial charge in [0.25, 0.3) is 5.56 Å². The van der Waals surface area contributed by atoms with E-state index in [0.717, 1.165) is 17.7 Å². The quantitative estimate of drug-likeness (QED) is 0.912. The fraction of sp³-hybridized carbons (Fsp3) is 0.231. The molecule has 0 fully saturated rings. The minimum Gasteiger partial charge on any atom is -0.330 e. The molecule has 5 heteroatoms. The Balaban J connectivity index is 0.00000162. The molecular formula is C13H16ClN3O. The van der Waals surface area contributed by atoms with Crippen LogP contribution in [0.3, 0.4) is 0 Å². The van der Waals surface area contributed by atoms with Crippen molar-refractivity contribution < 1.29 is 0 Å². The van der Waals surface area contributed by atoms with Gasteiger partial charge in [-0.1, -0.05) is 24.3 Å². The number of rotatable bonds is 3. The van der Waals surface area contributed by atoms with Crippen LogP contribution in [0.1, 0.15) is 5.56 Å². The molecule has 2 rings (SSSR count). The molecular weight excluding hydrogens is 250 g/mol. The molecule has 1 aromatic heterocycles. The molecule has 0 radical (unpaired) electrons. The maximum absolute atomic E-state index is 11.2. The highest BCUT2D eigenvalue weighted by atomic mass is 35.5. The molecule has 0 bridgehead atoms. The van der Waals surface area contributed by atoms with Crippen molar-refractivity contribution in [2.45, 2.75) is 6.42 Å². The van der Waals surface area contributed by atoms with E-state index < -0.39 is 0 Å². The van der Waals surface area contributed by atoms with E-state index in [0.29, 0.717) is 6.54 Å². The lowest BCUT2D eigenvalue weighted by Gasteiger charge is -2.04. The van der Waals surface area contributed by atoms with Crippen LogP contribution in [0.25, 0.3) is 11.3 Å². The van der Waals surface area contributed by atoms with Gasteiger partial charge >= 0.3 is 0 Å². The first-order valence-corrected chi connectivity index (χ1v) is 5.54. The Labute approximate surface area is 112 Å². The second kappa shape index (κ2) is 6.33. The highest BCUT2D eigenvalue weighted by Gasteiger charge is 2.01. The van der Waals surface area contributed by atoms with Crippen molar-refractivity contribution in [1.29, 1.82) is 0 Å². The number of aryl methyl sites for hydroxylation is 1. The van der Waals surface area contributed by atoms with Crippen LogP contribution < -0.4 is 11.3 Å². The maximum Gasteiger partial charge on any atom is 0.266 e. The molecule has 0 unspecified atom stereocenters. The number of nitrogens with two attached hydrogens (primary N) is 1. The summed E-state index contributed by atoms with van der Waals surface area (Å²) in [6.07, 6.45) is 0.876.